The van der Waals surface area contributed by atoms with Gasteiger partial charge in [-0.05, 0) is 42.8 Å². The van der Waals surface area contributed by atoms with Crippen LogP contribution in [0.5, 0.6) is 5.75 Å². The van der Waals surface area contributed by atoms with Gasteiger partial charge in [0.2, 0.25) is 0 Å². The van der Waals surface area contributed by atoms with E-state index in [4.69, 9.17) is 16.3 Å². The second-order valence-electron chi connectivity index (χ2n) is 6.40. The molecule has 138 valence electrons. The summed E-state index contributed by atoms with van der Waals surface area (Å²) in [5, 5.41) is 0.534. The van der Waals surface area contributed by atoms with E-state index in [1.165, 1.54) is 13.2 Å². The summed E-state index contributed by atoms with van der Waals surface area (Å²) in [5.41, 5.74) is 1.47. The summed E-state index contributed by atoms with van der Waals surface area (Å²) in [5.74, 6) is 0.202. The van der Waals surface area contributed by atoms with Crippen LogP contribution < -0.4 is 4.74 Å². The lowest BCUT2D eigenvalue weighted by Gasteiger charge is -2.38. The minimum atomic E-state index is -0.224. The van der Waals surface area contributed by atoms with Gasteiger partial charge in [-0.15, -0.1) is 0 Å². The van der Waals surface area contributed by atoms with Crippen LogP contribution in [0.15, 0.2) is 42.5 Å². The van der Waals surface area contributed by atoms with Crippen LogP contribution in [0.1, 0.15) is 28.9 Å². The van der Waals surface area contributed by atoms with Gasteiger partial charge < -0.3 is 9.64 Å². The van der Waals surface area contributed by atoms with Crippen molar-refractivity contribution in [2.45, 2.75) is 13.0 Å². The molecule has 4 nitrogen and oxygen atoms in total. The van der Waals surface area contributed by atoms with Gasteiger partial charge in [0.1, 0.15) is 11.6 Å². The molecule has 2 aromatic carbocycles. The highest BCUT2D eigenvalue weighted by Gasteiger charge is 2.27. The Kier molecular flexibility index (Phi) is 5.79. The number of hydrogen-bond donors (Lipinski definition) is 0. The summed E-state index contributed by atoms with van der Waals surface area (Å²) in [6, 6.07) is 11.8. The Morgan fingerprint density at radius 1 is 1.15 bits per heavy atom. The van der Waals surface area contributed by atoms with Crippen molar-refractivity contribution in [3.63, 3.8) is 0 Å². The highest BCUT2D eigenvalue weighted by Crippen LogP contribution is 2.26. The Hall–Kier alpha value is -2.11. The number of piperazine rings is 1. The van der Waals surface area contributed by atoms with Crippen molar-refractivity contribution in [1.82, 2.24) is 9.80 Å². The number of amides is 1. The zero-order chi connectivity index (χ0) is 18.7. The number of halogens is 2. The fraction of sp³-hybridized carbons (Fsp3) is 0.350. The predicted molar refractivity (Wildman–Crippen MR) is 100 cm³/mol. The van der Waals surface area contributed by atoms with Crippen molar-refractivity contribution >= 4 is 17.5 Å². The van der Waals surface area contributed by atoms with Crippen LogP contribution in [0, 0.1) is 5.82 Å². The highest BCUT2D eigenvalue weighted by atomic mass is 35.5. The highest BCUT2D eigenvalue weighted by molar-refractivity contribution is 6.30. The van der Waals surface area contributed by atoms with E-state index in [9.17, 15) is 9.18 Å². The molecule has 0 radical (unpaired) electrons. The van der Waals surface area contributed by atoms with Gasteiger partial charge in [-0.25, -0.2) is 4.39 Å². The quantitative estimate of drug-likeness (QED) is 0.808. The van der Waals surface area contributed by atoms with Gasteiger partial charge in [-0.1, -0.05) is 23.7 Å². The molecule has 1 atom stereocenters. The molecule has 0 bridgehead atoms. The fourth-order valence-corrected chi connectivity index (χ4v) is 3.46. The molecule has 0 saturated carbocycles. The molecule has 2 aromatic rings. The first-order chi connectivity index (χ1) is 12.5. The Morgan fingerprint density at radius 2 is 1.88 bits per heavy atom. The number of carbonyl (C=O) groups excluding carboxylic acids is 1. The Labute approximate surface area is 158 Å². The van der Waals surface area contributed by atoms with Crippen molar-refractivity contribution in [1.29, 1.82) is 0 Å². The lowest BCUT2D eigenvalue weighted by molar-refractivity contribution is 0.0579. The molecule has 3 rings (SSSR count). The van der Waals surface area contributed by atoms with Crippen molar-refractivity contribution in [2.24, 2.45) is 0 Å². The Bertz CT molecular complexity index is 791. The van der Waals surface area contributed by atoms with E-state index in [1.54, 1.807) is 30.3 Å². The van der Waals surface area contributed by atoms with E-state index in [2.05, 4.69) is 11.8 Å². The standard InChI is InChI=1S/C20H22ClFN2O2/c1-14(15-4-3-5-17(22)12-15)23-8-10-24(11-9-23)20(25)18-7-6-16(21)13-19(18)26-2/h3-7,12-14H,8-11H2,1-2H3. The minimum Gasteiger partial charge on any atom is -0.496 e. The largest absolute Gasteiger partial charge is 0.496 e. The molecular weight excluding hydrogens is 355 g/mol. The van der Waals surface area contributed by atoms with Crippen molar-refractivity contribution in [2.75, 3.05) is 33.3 Å². The van der Waals surface area contributed by atoms with E-state index in [0.29, 0.717) is 29.4 Å². The minimum absolute atomic E-state index is 0.0587. The first-order valence-corrected chi connectivity index (χ1v) is 8.99. The number of nitrogens with zero attached hydrogens (tertiary/aromatic N) is 2. The van der Waals surface area contributed by atoms with Crippen LogP contribution in [0.25, 0.3) is 0 Å². The van der Waals surface area contributed by atoms with Gasteiger partial charge in [0, 0.05) is 37.2 Å². The van der Waals surface area contributed by atoms with E-state index >= 15 is 0 Å². The molecule has 1 heterocycles. The molecule has 1 aliphatic heterocycles. The van der Waals surface area contributed by atoms with Crippen molar-refractivity contribution < 1.29 is 13.9 Å². The molecule has 26 heavy (non-hydrogen) atoms. The topological polar surface area (TPSA) is 32.8 Å². The number of benzene rings is 2. The lowest BCUT2D eigenvalue weighted by atomic mass is 10.1. The summed E-state index contributed by atoms with van der Waals surface area (Å²) in [6.45, 7) is 4.77. The summed E-state index contributed by atoms with van der Waals surface area (Å²) in [7, 11) is 1.53. The van der Waals surface area contributed by atoms with E-state index in [0.717, 1.165) is 18.7 Å². The average Bonchev–Trinajstić information content (AvgIpc) is 2.67. The zero-order valence-electron chi connectivity index (χ0n) is 14.9. The fourth-order valence-electron chi connectivity index (χ4n) is 3.30. The first kappa shape index (κ1) is 18.7. The number of rotatable bonds is 4. The van der Waals surface area contributed by atoms with Crippen LogP contribution in [-0.4, -0.2) is 49.0 Å². The maximum Gasteiger partial charge on any atom is 0.257 e. The van der Waals surface area contributed by atoms with Crippen LogP contribution >= 0.6 is 11.6 Å². The maximum absolute atomic E-state index is 13.5. The maximum atomic E-state index is 13.5. The number of ether oxygens (including phenoxy) is 1. The molecule has 0 aliphatic carbocycles. The second kappa shape index (κ2) is 8.06. The Morgan fingerprint density at radius 3 is 2.54 bits per heavy atom. The van der Waals surface area contributed by atoms with Gasteiger partial charge in [0.25, 0.3) is 5.91 Å². The number of carbonyl (C=O) groups is 1. The van der Waals surface area contributed by atoms with Crippen LogP contribution in [-0.2, 0) is 0 Å². The van der Waals surface area contributed by atoms with Crippen LogP contribution in [0.3, 0.4) is 0 Å². The van der Waals surface area contributed by atoms with Crippen LogP contribution in [0.2, 0.25) is 5.02 Å². The monoisotopic (exact) mass is 376 g/mol. The molecule has 0 spiro atoms. The third-order valence-electron chi connectivity index (χ3n) is 4.87. The van der Waals surface area contributed by atoms with Crippen molar-refractivity contribution in [3.05, 3.63) is 64.4 Å². The molecule has 1 amide bonds. The van der Waals surface area contributed by atoms with Gasteiger partial charge in [-0.2, -0.15) is 0 Å². The second-order valence-corrected chi connectivity index (χ2v) is 6.84. The molecular formula is C20H22ClFN2O2. The molecule has 0 N–H and O–H groups in total. The normalized spacial score (nSPS) is 16.4. The van der Waals surface area contributed by atoms with Gasteiger partial charge in [0.15, 0.2) is 0 Å². The third-order valence-corrected chi connectivity index (χ3v) is 5.11. The molecule has 6 heteroatoms. The molecule has 1 aliphatic rings. The molecule has 1 saturated heterocycles. The molecule has 1 fully saturated rings. The number of hydrogen-bond acceptors (Lipinski definition) is 3. The average molecular weight is 377 g/mol. The Balaban J connectivity index is 1.66. The van der Waals surface area contributed by atoms with Gasteiger partial charge in [0.05, 0.1) is 12.7 Å². The van der Waals surface area contributed by atoms with Gasteiger partial charge >= 0.3 is 0 Å². The first-order valence-electron chi connectivity index (χ1n) is 8.62. The summed E-state index contributed by atoms with van der Waals surface area (Å²) < 4.78 is 18.7. The molecule has 0 aromatic heterocycles. The van der Waals surface area contributed by atoms with E-state index in [1.807, 2.05) is 11.0 Å². The predicted octanol–water partition coefficient (Wildman–Crippen LogP) is 4.01. The lowest BCUT2D eigenvalue weighted by Crippen LogP contribution is -2.49. The van der Waals surface area contributed by atoms with E-state index < -0.39 is 0 Å². The smallest absolute Gasteiger partial charge is 0.257 e. The van der Waals surface area contributed by atoms with Crippen molar-refractivity contribution in [3.8, 4) is 5.75 Å². The van der Waals surface area contributed by atoms with E-state index in [-0.39, 0.29) is 17.8 Å². The van der Waals surface area contributed by atoms with Gasteiger partial charge in [-0.3, -0.25) is 9.69 Å². The number of methoxy groups -OCH3 is 1. The SMILES string of the molecule is COc1cc(Cl)ccc1C(=O)N1CCN(C(C)c2cccc(F)c2)CC1. The van der Waals surface area contributed by atoms with Crippen LogP contribution in [0.4, 0.5) is 4.39 Å². The zero-order valence-corrected chi connectivity index (χ0v) is 15.7. The third kappa shape index (κ3) is 4.00. The summed E-state index contributed by atoms with van der Waals surface area (Å²) >= 11 is 5.97. The summed E-state index contributed by atoms with van der Waals surface area (Å²) in [6.07, 6.45) is 0. The molecule has 1 unspecified atom stereocenters. The summed E-state index contributed by atoms with van der Waals surface area (Å²) in [4.78, 5) is 16.9.